The van der Waals surface area contributed by atoms with E-state index in [1.165, 1.54) is 0 Å². The second-order valence-electron chi connectivity index (χ2n) is 7.65. The summed E-state index contributed by atoms with van der Waals surface area (Å²) in [6, 6.07) is 9.53. The van der Waals surface area contributed by atoms with E-state index in [2.05, 4.69) is 34.6 Å². The van der Waals surface area contributed by atoms with Gasteiger partial charge in [-0.05, 0) is 43.7 Å². The molecule has 1 aliphatic rings. The van der Waals surface area contributed by atoms with Crippen molar-refractivity contribution in [2.24, 2.45) is 11.3 Å². The molecule has 2 atom stereocenters. The van der Waals surface area contributed by atoms with Gasteiger partial charge in [-0.25, -0.2) is 0 Å². The Morgan fingerprint density at radius 2 is 1.83 bits per heavy atom. The summed E-state index contributed by atoms with van der Waals surface area (Å²) in [6.45, 7) is 12.7. The Morgan fingerprint density at radius 3 is 2.48 bits per heavy atom. The number of piperidine rings is 1. The molecule has 1 aromatic carbocycles. The van der Waals surface area contributed by atoms with Crippen molar-refractivity contribution >= 4 is 0 Å². The van der Waals surface area contributed by atoms with Gasteiger partial charge < -0.3 is 9.84 Å². The average molecular weight is 321 g/mol. The van der Waals surface area contributed by atoms with Gasteiger partial charge in [0.05, 0.1) is 6.61 Å². The number of aliphatic hydroxyl groups excluding tert-OH is 1. The maximum Gasteiger partial charge on any atom is 0.119 e. The first-order valence-electron chi connectivity index (χ1n) is 8.51. The van der Waals surface area contributed by atoms with Crippen LogP contribution in [0.4, 0.5) is 0 Å². The van der Waals surface area contributed by atoms with Gasteiger partial charge in [0.25, 0.3) is 0 Å². The first-order valence-corrected chi connectivity index (χ1v) is 8.51. The zero-order chi connectivity index (χ0) is 17.1. The largest absolute Gasteiger partial charge is 0.491 e. The molecule has 0 amide bonds. The summed E-state index contributed by atoms with van der Waals surface area (Å²) in [4.78, 5) is 5.94. The second-order valence-corrected chi connectivity index (χ2v) is 7.65. The SMILES string of the molecule is CC1CCN(OCC(O)COc2ccccc2)C(C)(C)C1(C)C. The van der Waals surface area contributed by atoms with E-state index in [9.17, 15) is 5.11 Å². The Bertz CT molecular complexity index is 487. The molecule has 1 aliphatic heterocycles. The van der Waals surface area contributed by atoms with E-state index < -0.39 is 6.10 Å². The molecular formula is C19H31NO3. The van der Waals surface area contributed by atoms with Crippen molar-refractivity contribution in [1.82, 2.24) is 5.06 Å². The van der Waals surface area contributed by atoms with Crippen molar-refractivity contribution in [2.75, 3.05) is 19.8 Å². The molecule has 1 aromatic rings. The van der Waals surface area contributed by atoms with E-state index in [0.717, 1.165) is 18.7 Å². The van der Waals surface area contributed by atoms with Gasteiger partial charge in [-0.2, -0.15) is 5.06 Å². The molecule has 1 saturated heterocycles. The molecule has 130 valence electrons. The van der Waals surface area contributed by atoms with Crippen LogP contribution in [0.3, 0.4) is 0 Å². The van der Waals surface area contributed by atoms with Gasteiger partial charge in [0, 0.05) is 12.1 Å². The molecule has 2 unspecified atom stereocenters. The van der Waals surface area contributed by atoms with Gasteiger partial charge in [-0.15, -0.1) is 0 Å². The number of aliphatic hydroxyl groups is 1. The molecular weight excluding hydrogens is 290 g/mol. The first-order chi connectivity index (χ1) is 10.7. The number of hydroxylamine groups is 2. The van der Waals surface area contributed by atoms with Crippen LogP contribution in [-0.2, 0) is 4.84 Å². The third kappa shape index (κ3) is 4.06. The van der Waals surface area contributed by atoms with Crippen LogP contribution < -0.4 is 4.74 Å². The summed E-state index contributed by atoms with van der Waals surface area (Å²) < 4.78 is 5.57. The fraction of sp³-hybridized carbons (Fsp3) is 0.684. The number of benzene rings is 1. The topological polar surface area (TPSA) is 41.9 Å². The maximum absolute atomic E-state index is 10.1. The minimum Gasteiger partial charge on any atom is -0.491 e. The minimum atomic E-state index is -0.645. The quantitative estimate of drug-likeness (QED) is 0.871. The van der Waals surface area contributed by atoms with Crippen LogP contribution in [0.1, 0.15) is 41.0 Å². The van der Waals surface area contributed by atoms with Gasteiger partial charge in [0.15, 0.2) is 0 Å². The number of nitrogens with zero attached hydrogens (tertiary/aromatic N) is 1. The van der Waals surface area contributed by atoms with Gasteiger partial charge in [-0.3, -0.25) is 4.84 Å². The van der Waals surface area contributed by atoms with Crippen LogP contribution in [0.25, 0.3) is 0 Å². The maximum atomic E-state index is 10.1. The lowest BCUT2D eigenvalue weighted by Gasteiger charge is -2.55. The van der Waals surface area contributed by atoms with E-state index in [1.54, 1.807) is 0 Å². The average Bonchev–Trinajstić information content (AvgIpc) is 2.51. The number of hydrogen-bond donors (Lipinski definition) is 1. The minimum absolute atomic E-state index is 0.0787. The highest BCUT2D eigenvalue weighted by atomic mass is 16.7. The van der Waals surface area contributed by atoms with Crippen molar-refractivity contribution < 1.29 is 14.7 Å². The van der Waals surface area contributed by atoms with Crippen LogP contribution in [0, 0.1) is 11.3 Å². The van der Waals surface area contributed by atoms with Crippen molar-refractivity contribution in [1.29, 1.82) is 0 Å². The highest BCUT2D eigenvalue weighted by Crippen LogP contribution is 2.46. The smallest absolute Gasteiger partial charge is 0.119 e. The van der Waals surface area contributed by atoms with Crippen molar-refractivity contribution in [3.05, 3.63) is 30.3 Å². The molecule has 23 heavy (non-hydrogen) atoms. The molecule has 2 rings (SSSR count). The Balaban J connectivity index is 1.83. The lowest BCUT2D eigenvalue weighted by atomic mass is 9.63. The highest BCUT2D eigenvalue weighted by Gasteiger charge is 2.49. The Hall–Kier alpha value is -1.10. The van der Waals surface area contributed by atoms with Crippen LogP contribution in [-0.4, -0.2) is 41.6 Å². The second kappa shape index (κ2) is 7.20. The Labute approximate surface area is 140 Å². The first kappa shape index (κ1) is 18.2. The Kier molecular flexibility index (Phi) is 5.71. The lowest BCUT2D eigenvalue weighted by molar-refractivity contribution is -0.277. The van der Waals surface area contributed by atoms with E-state index in [4.69, 9.17) is 9.57 Å². The van der Waals surface area contributed by atoms with Crippen LogP contribution >= 0.6 is 0 Å². The molecule has 1 heterocycles. The van der Waals surface area contributed by atoms with E-state index in [0.29, 0.717) is 5.92 Å². The van der Waals surface area contributed by atoms with Crippen LogP contribution in [0.15, 0.2) is 30.3 Å². The Morgan fingerprint density at radius 1 is 1.17 bits per heavy atom. The molecule has 4 heteroatoms. The third-order valence-electron chi connectivity index (χ3n) is 5.81. The summed E-state index contributed by atoms with van der Waals surface area (Å²) in [5, 5.41) is 12.2. The number of rotatable bonds is 6. The molecule has 0 saturated carbocycles. The fourth-order valence-electron chi connectivity index (χ4n) is 3.03. The third-order valence-corrected chi connectivity index (χ3v) is 5.81. The molecule has 0 aromatic heterocycles. The van der Waals surface area contributed by atoms with Gasteiger partial charge in [0.2, 0.25) is 0 Å². The number of para-hydroxylation sites is 1. The monoisotopic (exact) mass is 321 g/mol. The molecule has 1 N–H and O–H groups in total. The highest BCUT2D eigenvalue weighted by molar-refractivity contribution is 5.20. The standard InChI is InChI=1S/C19H31NO3/c1-15-11-12-20(19(4,5)18(15,2)3)23-14-16(21)13-22-17-9-7-6-8-10-17/h6-10,15-16,21H,11-14H2,1-5H3. The summed E-state index contributed by atoms with van der Waals surface area (Å²) in [6.07, 6.45) is 0.459. The normalized spacial score (nSPS) is 25.0. The van der Waals surface area contributed by atoms with Crippen molar-refractivity contribution in [3.8, 4) is 5.75 Å². The number of ether oxygens (including phenoxy) is 1. The predicted molar refractivity (Wildman–Crippen MR) is 92.2 cm³/mol. The van der Waals surface area contributed by atoms with Gasteiger partial charge in [0.1, 0.15) is 18.5 Å². The fourth-order valence-corrected chi connectivity index (χ4v) is 3.03. The predicted octanol–water partition coefficient (Wildman–Crippen LogP) is 3.50. The molecule has 0 radical (unpaired) electrons. The molecule has 0 spiro atoms. The van der Waals surface area contributed by atoms with Crippen LogP contribution in [0.2, 0.25) is 0 Å². The van der Waals surface area contributed by atoms with Crippen LogP contribution in [0.5, 0.6) is 5.75 Å². The molecule has 0 bridgehead atoms. The van der Waals surface area contributed by atoms with Gasteiger partial charge in [-0.1, -0.05) is 39.0 Å². The zero-order valence-corrected chi connectivity index (χ0v) is 15.1. The molecule has 4 nitrogen and oxygen atoms in total. The molecule has 1 fully saturated rings. The summed E-state index contributed by atoms with van der Waals surface area (Å²) in [5.74, 6) is 1.41. The van der Waals surface area contributed by atoms with E-state index >= 15 is 0 Å². The lowest BCUT2D eigenvalue weighted by Crippen LogP contribution is -2.60. The molecule has 0 aliphatic carbocycles. The summed E-state index contributed by atoms with van der Waals surface area (Å²) >= 11 is 0. The summed E-state index contributed by atoms with van der Waals surface area (Å²) in [7, 11) is 0. The van der Waals surface area contributed by atoms with Crippen molar-refractivity contribution in [3.63, 3.8) is 0 Å². The van der Waals surface area contributed by atoms with E-state index in [-0.39, 0.29) is 24.2 Å². The van der Waals surface area contributed by atoms with E-state index in [1.807, 2.05) is 35.4 Å². The number of hydrogen-bond acceptors (Lipinski definition) is 4. The summed E-state index contributed by atoms with van der Waals surface area (Å²) in [5.41, 5.74) is 0.0708. The van der Waals surface area contributed by atoms with Gasteiger partial charge >= 0.3 is 0 Å². The van der Waals surface area contributed by atoms with Crippen molar-refractivity contribution in [2.45, 2.75) is 52.7 Å². The zero-order valence-electron chi connectivity index (χ0n) is 15.1.